The molecule has 0 aliphatic carbocycles. The Morgan fingerprint density at radius 3 is 2.09 bits per heavy atom. The molecule has 0 spiro atoms. The van der Waals surface area contributed by atoms with Crippen molar-refractivity contribution < 1.29 is 23.9 Å². The van der Waals surface area contributed by atoms with Crippen LogP contribution in [0.15, 0.2) is 66.7 Å². The number of nitrogens with zero attached hydrogens (tertiary/aromatic N) is 3. The molecule has 1 aliphatic rings. The smallest absolute Gasteiger partial charge is 0.270 e. The van der Waals surface area contributed by atoms with Crippen LogP contribution in [0, 0.1) is 10.1 Å². The first kappa shape index (κ1) is 23.9. The van der Waals surface area contributed by atoms with Crippen molar-refractivity contribution in [1.29, 1.82) is 0 Å². The summed E-state index contributed by atoms with van der Waals surface area (Å²) in [4.78, 5) is 28.4. The standard InChI is InChI=1S/C26H27N3O6/c1-33-21-7-4-19(5-8-21)27-14-3-15-28(17-16-27)26(30)24-18-20(29(31)32)6-13-25(24)35-23-11-9-22(34-2)10-12-23/h4-13,18H,3,14-17H2,1-2H3. The quantitative estimate of drug-likeness (QED) is 0.358. The molecule has 9 nitrogen and oxygen atoms in total. The van der Waals surface area contributed by atoms with Crippen LogP contribution in [-0.2, 0) is 0 Å². The number of ether oxygens (including phenoxy) is 3. The van der Waals surface area contributed by atoms with Crippen LogP contribution < -0.4 is 19.1 Å². The van der Waals surface area contributed by atoms with Gasteiger partial charge in [0.15, 0.2) is 0 Å². The van der Waals surface area contributed by atoms with E-state index in [4.69, 9.17) is 14.2 Å². The Bertz CT molecular complexity index is 1180. The zero-order valence-corrected chi connectivity index (χ0v) is 19.7. The summed E-state index contributed by atoms with van der Waals surface area (Å²) >= 11 is 0. The predicted molar refractivity (Wildman–Crippen MR) is 132 cm³/mol. The van der Waals surface area contributed by atoms with Crippen LogP contribution in [0.1, 0.15) is 16.8 Å². The average Bonchev–Trinajstić information content (AvgIpc) is 3.15. The maximum absolute atomic E-state index is 13.5. The van der Waals surface area contributed by atoms with Crippen LogP contribution in [0.3, 0.4) is 0 Å². The van der Waals surface area contributed by atoms with Gasteiger partial charge in [0.2, 0.25) is 0 Å². The third-order valence-electron chi connectivity index (χ3n) is 5.91. The number of carbonyl (C=O) groups is 1. The van der Waals surface area contributed by atoms with Gasteiger partial charge >= 0.3 is 0 Å². The van der Waals surface area contributed by atoms with Gasteiger partial charge in [-0.25, -0.2) is 0 Å². The zero-order chi connectivity index (χ0) is 24.8. The number of nitro groups is 1. The van der Waals surface area contributed by atoms with E-state index < -0.39 is 4.92 Å². The van der Waals surface area contributed by atoms with E-state index >= 15 is 0 Å². The molecule has 0 unspecified atom stereocenters. The SMILES string of the molecule is COc1ccc(Oc2ccc([N+](=O)[O-])cc2C(=O)N2CCCN(c3ccc(OC)cc3)CC2)cc1. The zero-order valence-electron chi connectivity index (χ0n) is 19.7. The van der Waals surface area contributed by atoms with Gasteiger partial charge in [-0.2, -0.15) is 0 Å². The summed E-state index contributed by atoms with van der Waals surface area (Å²) < 4.78 is 16.3. The minimum Gasteiger partial charge on any atom is -0.497 e. The third-order valence-corrected chi connectivity index (χ3v) is 5.91. The van der Waals surface area contributed by atoms with Crippen molar-refractivity contribution in [1.82, 2.24) is 4.90 Å². The van der Waals surface area contributed by atoms with Gasteiger partial charge in [-0.05, 0) is 61.0 Å². The molecule has 0 radical (unpaired) electrons. The first-order chi connectivity index (χ1) is 17.0. The summed E-state index contributed by atoms with van der Waals surface area (Å²) in [5, 5.41) is 11.4. The second-order valence-corrected chi connectivity index (χ2v) is 8.05. The van der Waals surface area contributed by atoms with Crippen molar-refractivity contribution >= 4 is 17.3 Å². The highest BCUT2D eigenvalue weighted by Crippen LogP contribution is 2.31. The maximum atomic E-state index is 13.5. The summed E-state index contributed by atoms with van der Waals surface area (Å²) in [6, 6.07) is 18.8. The number of benzene rings is 3. The first-order valence-corrected chi connectivity index (χ1v) is 11.3. The van der Waals surface area contributed by atoms with Crippen LogP contribution in [-0.4, -0.2) is 56.1 Å². The molecule has 9 heteroatoms. The fourth-order valence-electron chi connectivity index (χ4n) is 4.00. The molecule has 1 saturated heterocycles. The Kier molecular flexibility index (Phi) is 7.35. The highest BCUT2D eigenvalue weighted by atomic mass is 16.6. The highest BCUT2D eigenvalue weighted by Gasteiger charge is 2.25. The first-order valence-electron chi connectivity index (χ1n) is 11.3. The number of rotatable bonds is 7. The van der Waals surface area contributed by atoms with Crippen molar-refractivity contribution in [2.75, 3.05) is 45.3 Å². The maximum Gasteiger partial charge on any atom is 0.270 e. The molecule has 4 rings (SSSR count). The van der Waals surface area contributed by atoms with Crippen molar-refractivity contribution in [3.63, 3.8) is 0 Å². The lowest BCUT2D eigenvalue weighted by atomic mass is 10.1. The summed E-state index contributed by atoms with van der Waals surface area (Å²) in [5.41, 5.74) is 1.05. The molecule has 1 fully saturated rings. The molecular formula is C26H27N3O6. The molecule has 3 aromatic carbocycles. The predicted octanol–water partition coefficient (Wildman–Crippen LogP) is 4.76. The largest absolute Gasteiger partial charge is 0.497 e. The molecule has 0 aromatic heterocycles. The Hall–Kier alpha value is -4.27. The lowest BCUT2D eigenvalue weighted by molar-refractivity contribution is -0.384. The highest BCUT2D eigenvalue weighted by molar-refractivity contribution is 5.97. The van der Waals surface area contributed by atoms with Crippen molar-refractivity contribution in [2.45, 2.75) is 6.42 Å². The van der Waals surface area contributed by atoms with E-state index in [0.717, 1.165) is 24.4 Å². The lowest BCUT2D eigenvalue weighted by Gasteiger charge is -2.24. The molecule has 1 heterocycles. The Morgan fingerprint density at radius 1 is 0.829 bits per heavy atom. The van der Waals surface area contributed by atoms with Crippen LogP contribution >= 0.6 is 0 Å². The number of hydrogen-bond donors (Lipinski definition) is 0. The molecule has 3 aromatic rings. The lowest BCUT2D eigenvalue weighted by Crippen LogP contribution is -2.35. The van der Waals surface area contributed by atoms with E-state index in [1.54, 1.807) is 43.4 Å². The van der Waals surface area contributed by atoms with E-state index in [9.17, 15) is 14.9 Å². The van der Waals surface area contributed by atoms with Gasteiger partial charge in [-0.1, -0.05) is 0 Å². The Balaban J connectivity index is 1.54. The second kappa shape index (κ2) is 10.8. The van der Waals surface area contributed by atoms with Crippen molar-refractivity contribution in [3.8, 4) is 23.0 Å². The van der Waals surface area contributed by atoms with Gasteiger partial charge < -0.3 is 24.0 Å². The number of amides is 1. The normalized spacial score (nSPS) is 13.7. The van der Waals surface area contributed by atoms with E-state index in [2.05, 4.69) is 4.90 Å². The number of hydrogen-bond acceptors (Lipinski definition) is 7. The number of anilines is 1. The van der Waals surface area contributed by atoms with Crippen molar-refractivity contribution in [3.05, 3.63) is 82.4 Å². The van der Waals surface area contributed by atoms with Gasteiger partial charge in [-0.3, -0.25) is 14.9 Å². The number of methoxy groups -OCH3 is 2. The minimum atomic E-state index is -0.512. The fourth-order valence-corrected chi connectivity index (χ4v) is 4.00. The minimum absolute atomic E-state index is 0.160. The molecule has 0 saturated carbocycles. The Morgan fingerprint density at radius 2 is 1.46 bits per heavy atom. The monoisotopic (exact) mass is 477 g/mol. The summed E-state index contributed by atoms with van der Waals surface area (Å²) in [6.07, 6.45) is 0.765. The topological polar surface area (TPSA) is 94.4 Å². The van der Waals surface area contributed by atoms with Gasteiger partial charge in [0.1, 0.15) is 23.0 Å². The number of carbonyl (C=O) groups excluding carboxylic acids is 1. The molecule has 1 aliphatic heterocycles. The van der Waals surface area contributed by atoms with Crippen LogP contribution in [0.2, 0.25) is 0 Å². The molecule has 1 amide bonds. The second-order valence-electron chi connectivity index (χ2n) is 8.05. The molecule has 35 heavy (non-hydrogen) atoms. The van der Waals surface area contributed by atoms with Gasteiger partial charge in [0.05, 0.1) is 24.7 Å². The average molecular weight is 478 g/mol. The molecule has 0 N–H and O–H groups in total. The number of non-ortho nitro benzene ring substituents is 1. The van der Waals surface area contributed by atoms with Crippen molar-refractivity contribution in [2.24, 2.45) is 0 Å². The number of nitro benzene ring substituents is 1. The van der Waals surface area contributed by atoms with Gasteiger partial charge in [0, 0.05) is 44.0 Å². The Labute approximate surface area is 203 Å². The molecule has 0 atom stereocenters. The van der Waals surface area contributed by atoms with E-state index in [1.807, 2.05) is 24.3 Å². The van der Waals surface area contributed by atoms with E-state index in [1.165, 1.54) is 18.2 Å². The van der Waals surface area contributed by atoms with Crippen LogP contribution in [0.4, 0.5) is 11.4 Å². The van der Waals surface area contributed by atoms with Gasteiger partial charge in [0.25, 0.3) is 11.6 Å². The third kappa shape index (κ3) is 5.63. The fraction of sp³-hybridized carbons (Fsp3) is 0.269. The molecule has 0 bridgehead atoms. The van der Waals surface area contributed by atoms with Crippen LogP contribution in [0.25, 0.3) is 0 Å². The molecular weight excluding hydrogens is 450 g/mol. The van der Waals surface area contributed by atoms with E-state index in [0.29, 0.717) is 31.1 Å². The van der Waals surface area contributed by atoms with E-state index in [-0.39, 0.29) is 22.9 Å². The van der Waals surface area contributed by atoms with Gasteiger partial charge in [-0.15, -0.1) is 0 Å². The summed E-state index contributed by atoms with van der Waals surface area (Å²) in [5.74, 6) is 1.92. The summed E-state index contributed by atoms with van der Waals surface area (Å²) in [7, 11) is 3.20. The van der Waals surface area contributed by atoms with Crippen LogP contribution in [0.5, 0.6) is 23.0 Å². The molecule has 182 valence electrons. The summed E-state index contributed by atoms with van der Waals surface area (Å²) in [6.45, 7) is 2.45.